The lowest BCUT2D eigenvalue weighted by molar-refractivity contribution is 0.569. The summed E-state index contributed by atoms with van der Waals surface area (Å²) >= 11 is 0. The van der Waals surface area contributed by atoms with Crippen LogP contribution in [0.5, 0.6) is 0 Å². The average Bonchev–Trinajstić information content (AvgIpc) is 1.51. The summed E-state index contributed by atoms with van der Waals surface area (Å²) in [5.41, 5.74) is 42.6. The summed E-state index contributed by atoms with van der Waals surface area (Å²) in [5.74, 6) is 4.97. The van der Waals surface area contributed by atoms with Gasteiger partial charge in [-0.05, 0) is 317 Å². The van der Waals surface area contributed by atoms with Crippen molar-refractivity contribution in [1.29, 1.82) is 0 Å². The number of aromatic nitrogens is 15. The van der Waals surface area contributed by atoms with E-state index in [1.165, 1.54) is 66.2 Å². The van der Waals surface area contributed by atoms with Gasteiger partial charge in [-0.15, -0.1) is 0 Å². The number of benzene rings is 20. The van der Waals surface area contributed by atoms with Crippen LogP contribution < -0.4 is 0 Å². The summed E-state index contributed by atoms with van der Waals surface area (Å²) in [4.78, 5) is 33.6. The highest BCUT2D eigenvalue weighted by molar-refractivity contribution is 6.15. The topological polar surface area (TPSA) is 117 Å². The fourth-order valence-corrected chi connectivity index (χ4v) is 24.0. The molecule has 0 unspecified atom stereocenters. The lowest BCUT2D eigenvalue weighted by Crippen LogP contribution is -2.16. The second kappa shape index (κ2) is 26.2. The SMILES string of the molecule is Cc1ccc(-c2cc3c4c(c2)n2c5cc6cc(-c7ccc8cc9nc%10n(c9cc8c7)c7cc(-c8c(C)cccc8-c8ccccc8)cc8c7n%10c7nc9cc%10ccccc%10cc9n87)ccc6cc5nc2n4c2nc4cc5ccc(-c6ccc7cc8nc9n(c8cc7c6)c6cc(-c7cc(C(C)(C)C)cc(C(C)(C)C)c7)cc7c6n9c6nc8cc9ccccc9cc8n76)cc5cc4n32)c(-c2ccccc2)c1. The molecule has 0 atom stereocenters. The molecule has 0 aliphatic rings. The van der Waals surface area contributed by atoms with Gasteiger partial charge in [0.25, 0.3) is 0 Å². The molecule has 15 nitrogen and oxygen atoms in total. The Labute approximate surface area is 791 Å². The fraction of sp³-hybridized carbons (Fsp3) is 0.0806. The van der Waals surface area contributed by atoms with E-state index in [-0.39, 0.29) is 10.8 Å². The Bertz CT molecular complexity index is 11100. The minimum absolute atomic E-state index is 0.0675. The standard InChI is InChI=1S/C124H81N15/c1-66-30-39-92(94(40-66)69-23-13-10-14-24-69)88-61-109-115-110(62-88)135-105-57-84-43-76(77-34-38-81-52-100-106(58-85(81)44-77)136-112-64-89(113-67(2)20-19-29-93(113)68-21-11-9-12-22-68)63-111-116(112)139(122(136)130-100)118-126-96-48-71-26-16-18-28-73(71)54-102(96)132(111)118)33-37-80(84)51-99(105)129-121(135)138(115)120-128-98-50-79-36-32-75(42-83(79)56-104(98)134(109)120)74-31-35-78-49-97-103(55-82(78)41-74)133-108-60-87(86-45-90(123(3,4)5)65-91(46-86)124(6,7)8)59-107-114(108)137(119(133)127-97)117-125-95-47-70-25-15-17-27-72(70)53-101(95)131(107)117/h9-65H,1-8H3. The van der Waals surface area contributed by atoms with Crippen molar-refractivity contribution in [2.45, 2.75) is 66.2 Å². The van der Waals surface area contributed by atoms with Gasteiger partial charge in [0.2, 0.25) is 34.7 Å². The Hall–Kier alpha value is -17.8. The third-order valence-corrected chi connectivity index (χ3v) is 30.8. The van der Waals surface area contributed by atoms with E-state index < -0.39 is 0 Å². The Kier molecular flexibility index (Phi) is 14.3. The predicted molar refractivity (Wildman–Crippen MR) is 573 cm³/mol. The molecule has 0 radical (unpaired) electrons. The average molecular weight is 1780 g/mol. The number of imidazole rings is 12. The Morgan fingerprint density at radius 3 is 0.820 bits per heavy atom. The van der Waals surface area contributed by atoms with Crippen molar-refractivity contribution in [2.24, 2.45) is 0 Å². The van der Waals surface area contributed by atoms with E-state index in [1.807, 2.05) is 0 Å². The first-order valence-corrected chi connectivity index (χ1v) is 48.0. The number of nitrogens with zero attached hydrogens (tertiary/aromatic N) is 15. The summed E-state index contributed by atoms with van der Waals surface area (Å²) < 4.78 is 21.2. The van der Waals surface area contributed by atoms with Crippen molar-refractivity contribution in [2.75, 3.05) is 0 Å². The molecule has 20 aromatic carbocycles. The normalized spacial score (nSPS) is 13.0. The lowest BCUT2D eigenvalue weighted by Gasteiger charge is -2.26. The van der Waals surface area contributed by atoms with Crippen molar-refractivity contribution in [3.63, 3.8) is 0 Å². The molecule has 0 N–H and O–H groups in total. The van der Waals surface area contributed by atoms with Crippen LogP contribution in [0.15, 0.2) is 346 Å². The molecule has 32 aromatic rings. The molecule has 0 aliphatic carbocycles. The highest BCUT2D eigenvalue weighted by Gasteiger charge is 2.33. The van der Waals surface area contributed by atoms with E-state index in [2.05, 4.69) is 441 Å². The molecule has 32 rings (SSSR count). The van der Waals surface area contributed by atoms with Crippen LogP contribution in [-0.4, -0.2) is 69.5 Å². The van der Waals surface area contributed by atoms with Gasteiger partial charge >= 0.3 is 0 Å². The number of rotatable bonds is 7. The lowest BCUT2D eigenvalue weighted by atomic mass is 9.79. The fourth-order valence-electron chi connectivity index (χ4n) is 24.0. The van der Waals surface area contributed by atoms with Gasteiger partial charge in [-0.2, -0.15) is 0 Å². The third kappa shape index (κ3) is 10.3. The maximum absolute atomic E-state index is 5.69. The van der Waals surface area contributed by atoms with Gasteiger partial charge in [-0.1, -0.05) is 259 Å². The minimum Gasteiger partial charge on any atom is -0.276 e. The van der Waals surface area contributed by atoms with E-state index >= 15 is 0 Å². The smallest absolute Gasteiger partial charge is 0.223 e. The second-order valence-corrected chi connectivity index (χ2v) is 41.1. The van der Waals surface area contributed by atoms with Gasteiger partial charge in [0, 0.05) is 0 Å². The third-order valence-electron chi connectivity index (χ3n) is 30.8. The van der Waals surface area contributed by atoms with Crippen LogP contribution in [0, 0.1) is 13.8 Å². The van der Waals surface area contributed by atoms with Crippen LogP contribution in [0.2, 0.25) is 0 Å². The molecule has 0 aliphatic heterocycles. The van der Waals surface area contributed by atoms with Crippen molar-refractivity contribution < 1.29 is 0 Å². The molecule has 12 aromatic heterocycles. The first kappa shape index (κ1) is 75.6. The molecule has 12 heterocycles. The van der Waals surface area contributed by atoms with Crippen molar-refractivity contribution in [3.05, 3.63) is 368 Å². The van der Waals surface area contributed by atoms with E-state index in [1.54, 1.807) is 0 Å². The molecule has 139 heavy (non-hydrogen) atoms. The molecule has 0 saturated heterocycles. The molecule has 652 valence electrons. The minimum atomic E-state index is -0.0675. The summed E-state index contributed by atoms with van der Waals surface area (Å²) in [6.45, 7) is 18.4. The van der Waals surface area contributed by atoms with Crippen LogP contribution in [0.25, 0.3) is 293 Å². The van der Waals surface area contributed by atoms with Gasteiger partial charge in [0.1, 0.15) is 16.6 Å². The molecule has 0 fully saturated rings. The summed E-state index contributed by atoms with van der Waals surface area (Å²) in [6, 6.07) is 129. The highest BCUT2D eigenvalue weighted by Crippen LogP contribution is 2.49. The van der Waals surface area contributed by atoms with Gasteiger partial charge in [0.15, 0.2) is 0 Å². The van der Waals surface area contributed by atoms with Crippen LogP contribution >= 0.6 is 0 Å². The van der Waals surface area contributed by atoms with Gasteiger partial charge in [-0.3, -0.25) is 26.4 Å². The van der Waals surface area contributed by atoms with Gasteiger partial charge in [0.05, 0.1) is 99.3 Å². The Morgan fingerprint density at radius 1 is 0.180 bits per heavy atom. The molecule has 15 heteroatoms. The van der Waals surface area contributed by atoms with Crippen LogP contribution in [0.3, 0.4) is 0 Å². The summed E-state index contributed by atoms with van der Waals surface area (Å²) in [7, 11) is 0. The number of fused-ring (bicyclic) bond motifs is 36. The van der Waals surface area contributed by atoms with E-state index in [9.17, 15) is 0 Å². The Balaban J connectivity index is 0.540. The quantitative estimate of drug-likeness (QED) is 0.157. The van der Waals surface area contributed by atoms with Crippen molar-refractivity contribution in [1.82, 2.24) is 69.5 Å². The molecular weight excluding hydrogens is 1700 g/mol. The molecule has 0 amide bonds. The second-order valence-electron chi connectivity index (χ2n) is 41.1. The predicted octanol–water partition coefficient (Wildman–Crippen LogP) is 30.8. The number of hydrogen-bond donors (Lipinski definition) is 0. The zero-order chi connectivity index (χ0) is 91.7. The summed E-state index contributed by atoms with van der Waals surface area (Å²) in [5, 5.41) is 13.6. The van der Waals surface area contributed by atoms with Gasteiger partial charge in [-0.25, -0.2) is 43.1 Å². The molecule has 0 spiro atoms. The van der Waals surface area contributed by atoms with Crippen LogP contribution in [0.1, 0.15) is 63.8 Å². The first-order chi connectivity index (χ1) is 67.9. The van der Waals surface area contributed by atoms with Crippen molar-refractivity contribution in [3.8, 4) is 77.9 Å². The van der Waals surface area contributed by atoms with Crippen LogP contribution in [0.4, 0.5) is 0 Å². The number of aryl methyl sites for hydroxylation is 2. The van der Waals surface area contributed by atoms with Crippen molar-refractivity contribution >= 4 is 215 Å². The molecular formula is C124H81N15. The van der Waals surface area contributed by atoms with E-state index in [0.29, 0.717) is 0 Å². The number of hydrogen-bond acceptors (Lipinski definition) is 6. The molecule has 0 bridgehead atoms. The highest BCUT2D eigenvalue weighted by atomic mass is 15.3. The van der Waals surface area contributed by atoms with E-state index in [4.69, 9.17) is 29.9 Å². The summed E-state index contributed by atoms with van der Waals surface area (Å²) in [6.07, 6.45) is 0. The maximum atomic E-state index is 5.69. The van der Waals surface area contributed by atoms with Crippen LogP contribution in [-0.2, 0) is 10.8 Å². The first-order valence-electron chi connectivity index (χ1n) is 48.0. The zero-order valence-electron chi connectivity index (χ0n) is 77.1. The van der Waals surface area contributed by atoms with E-state index in [0.717, 1.165) is 249 Å². The largest absolute Gasteiger partial charge is 0.276 e. The zero-order valence-corrected chi connectivity index (χ0v) is 77.1. The molecule has 0 saturated carbocycles. The van der Waals surface area contributed by atoms with Gasteiger partial charge < -0.3 is 0 Å². The monoisotopic (exact) mass is 1780 g/mol. The maximum Gasteiger partial charge on any atom is 0.223 e. The Morgan fingerprint density at radius 2 is 0.475 bits per heavy atom.